The van der Waals surface area contributed by atoms with E-state index in [9.17, 15) is 9.18 Å². The predicted octanol–water partition coefficient (Wildman–Crippen LogP) is 4.04. The van der Waals surface area contributed by atoms with Gasteiger partial charge in [-0.1, -0.05) is 47.1 Å². The van der Waals surface area contributed by atoms with Crippen LogP contribution in [0.4, 0.5) is 4.39 Å². The van der Waals surface area contributed by atoms with E-state index in [4.69, 9.17) is 4.52 Å². The van der Waals surface area contributed by atoms with Gasteiger partial charge in [-0.2, -0.15) is 0 Å². The number of carbonyl (C=O) groups excluding carboxylic acids is 1. The Labute approximate surface area is 145 Å². The number of rotatable bonds is 6. The first-order valence-electron chi connectivity index (χ1n) is 8.13. The van der Waals surface area contributed by atoms with Crippen molar-refractivity contribution in [2.24, 2.45) is 0 Å². The number of nitrogens with zero attached hydrogens (tertiary/aromatic N) is 1. The average molecular weight is 338 g/mol. The smallest absolute Gasteiger partial charge is 0.220 e. The molecular formula is C20H19FN2O2. The number of nitrogens with one attached hydrogen (secondary N) is 1. The van der Waals surface area contributed by atoms with Crippen LogP contribution in [-0.4, -0.2) is 11.1 Å². The lowest BCUT2D eigenvalue weighted by molar-refractivity contribution is -0.121. The van der Waals surface area contributed by atoms with Crippen molar-refractivity contribution in [1.82, 2.24) is 10.5 Å². The maximum atomic E-state index is 12.9. The fourth-order valence-electron chi connectivity index (χ4n) is 2.52. The molecule has 0 unspecified atom stereocenters. The summed E-state index contributed by atoms with van der Waals surface area (Å²) in [6.07, 6.45) is 2.46. The van der Waals surface area contributed by atoms with Crippen LogP contribution < -0.4 is 5.32 Å². The molecule has 128 valence electrons. The molecule has 25 heavy (non-hydrogen) atoms. The van der Waals surface area contributed by atoms with Gasteiger partial charge >= 0.3 is 0 Å². The summed E-state index contributed by atoms with van der Waals surface area (Å²) in [6, 6.07) is 14.1. The molecule has 0 fully saturated rings. The van der Waals surface area contributed by atoms with E-state index in [2.05, 4.69) is 10.5 Å². The first-order chi connectivity index (χ1) is 12.1. The first kappa shape index (κ1) is 16.9. The molecule has 0 aliphatic carbocycles. The Morgan fingerprint density at radius 2 is 1.84 bits per heavy atom. The van der Waals surface area contributed by atoms with Crippen molar-refractivity contribution in [1.29, 1.82) is 0 Å². The molecule has 0 aliphatic heterocycles. The number of hydrogen-bond acceptors (Lipinski definition) is 3. The average Bonchev–Trinajstić information content (AvgIpc) is 3.09. The summed E-state index contributed by atoms with van der Waals surface area (Å²) in [5.41, 5.74) is 4.68. The molecule has 0 atom stereocenters. The van der Waals surface area contributed by atoms with Gasteiger partial charge in [0.05, 0.1) is 0 Å². The molecule has 1 aromatic heterocycles. The Balaban J connectivity index is 1.55. The lowest BCUT2D eigenvalue weighted by Crippen LogP contribution is -2.23. The normalized spacial score (nSPS) is 10.6. The van der Waals surface area contributed by atoms with Crippen molar-refractivity contribution in [3.05, 3.63) is 77.3 Å². The van der Waals surface area contributed by atoms with Gasteiger partial charge in [0.1, 0.15) is 17.8 Å². The van der Waals surface area contributed by atoms with E-state index >= 15 is 0 Å². The molecule has 1 heterocycles. The third-order valence-corrected chi connectivity index (χ3v) is 3.99. The molecule has 5 heteroatoms. The van der Waals surface area contributed by atoms with Crippen LogP contribution >= 0.6 is 0 Å². The van der Waals surface area contributed by atoms with Gasteiger partial charge in [-0.25, -0.2) is 4.39 Å². The number of amides is 1. The summed E-state index contributed by atoms with van der Waals surface area (Å²) in [7, 11) is 0. The fraction of sp³-hybridized carbons (Fsp3) is 0.200. The zero-order chi connectivity index (χ0) is 17.6. The number of benzene rings is 2. The van der Waals surface area contributed by atoms with Crippen molar-refractivity contribution in [2.75, 3.05) is 0 Å². The van der Waals surface area contributed by atoms with E-state index in [1.54, 1.807) is 18.4 Å². The highest BCUT2D eigenvalue weighted by molar-refractivity contribution is 5.76. The summed E-state index contributed by atoms with van der Waals surface area (Å²) in [5.74, 6) is -0.355. The highest BCUT2D eigenvalue weighted by Crippen LogP contribution is 2.23. The molecule has 1 N–H and O–H groups in total. The van der Waals surface area contributed by atoms with E-state index in [1.165, 1.54) is 17.7 Å². The Morgan fingerprint density at radius 1 is 1.12 bits per heavy atom. The van der Waals surface area contributed by atoms with Gasteiger partial charge in [-0.05, 0) is 31.0 Å². The largest absolute Gasteiger partial charge is 0.364 e. The molecule has 0 radical (unpaired) electrons. The molecule has 1 amide bonds. The van der Waals surface area contributed by atoms with Crippen molar-refractivity contribution in [3.8, 4) is 11.3 Å². The third-order valence-electron chi connectivity index (χ3n) is 3.99. The molecule has 0 bridgehead atoms. The van der Waals surface area contributed by atoms with Crippen LogP contribution in [0.1, 0.15) is 23.1 Å². The monoisotopic (exact) mass is 338 g/mol. The first-order valence-corrected chi connectivity index (χ1v) is 8.13. The standard InChI is InChI=1S/C20H19FN2O2/c1-14-2-6-16(7-3-14)20-17(13-25-23-20)8-11-19(24)22-12-15-4-9-18(21)10-5-15/h2-7,9-10,13H,8,11-12H2,1H3,(H,22,24). The van der Waals surface area contributed by atoms with Gasteiger partial charge in [0.25, 0.3) is 0 Å². The summed E-state index contributed by atoms with van der Waals surface area (Å²) < 4.78 is 17.9. The zero-order valence-electron chi connectivity index (χ0n) is 14.0. The second-order valence-corrected chi connectivity index (χ2v) is 5.96. The minimum atomic E-state index is -0.286. The highest BCUT2D eigenvalue weighted by Gasteiger charge is 2.12. The summed E-state index contributed by atoms with van der Waals surface area (Å²) >= 11 is 0. The van der Waals surface area contributed by atoms with E-state index in [1.807, 2.05) is 31.2 Å². The lowest BCUT2D eigenvalue weighted by atomic mass is 10.0. The Kier molecular flexibility index (Phi) is 5.23. The Hall–Kier alpha value is -2.95. The second-order valence-electron chi connectivity index (χ2n) is 5.96. The van der Waals surface area contributed by atoms with E-state index in [0.717, 1.165) is 22.4 Å². The van der Waals surface area contributed by atoms with Crippen LogP contribution in [-0.2, 0) is 17.8 Å². The van der Waals surface area contributed by atoms with E-state index in [-0.39, 0.29) is 11.7 Å². The minimum absolute atomic E-state index is 0.0691. The Morgan fingerprint density at radius 3 is 2.56 bits per heavy atom. The molecule has 0 saturated carbocycles. The van der Waals surface area contributed by atoms with Crippen LogP contribution in [0.25, 0.3) is 11.3 Å². The van der Waals surface area contributed by atoms with Crippen molar-refractivity contribution in [2.45, 2.75) is 26.3 Å². The molecule has 0 spiro atoms. The highest BCUT2D eigenvalue weighted by atomic mass is 19.1. The summed E-state index contributed by atoms with van der Waals surface area (Å²) in [5, 5.41) is 6.89. The van der Waals surface area contributed by atoms with Gasteiger partial charge in [0, 0.05) is 24.1 Å². The van der Waals surface area contributed by atoms with Crippen LogP contribution in [0, 0.1) is 12.7 Å². The quantitative estimate of drug-likeness (QED) is 0.738. The molecule has 2 aromatic carbocycles. The fourth-order valence-corrected chi connectivity index (χ4v) is 2.52. The number of halogens is 1. The van der Waals surface area contributed by atoms with Gasteiger partial charge in [0.15, 0.2) is 0 Å². The van der Waals surface area contributed by atoms with E-state index in [0.29, 0.717) is 19.4 Å². The number of hydrogen-bond donors (Lipinski definition) is 1. The number of aryl methyl sites for hydroxylation is 2. The second kappa shape index (κ2) is 7.75. The maximum absolute atomic E-state index is 12.9. The van der Waals surface area contributed by atoms with Crippen LogP contribution in [0.15, 0.2) is 59.3 Å². The zero-order valence-corrected chi connectivity index (χ0v) is 14.0. The van der Waals surface area contributed by atoms with Gasteiger partial charge in [0.2, 0.25) is 5.91 Å². The summed E-state index contributed by atoms with van der Waals surface area (Å²) in [4.78, 5) is 12.0. The molecule has 0 aliphatic rings. The number of aromatic nitrogens is 1. The summed E-state index contributed by atoms with van der Waals surface area (Å²) in [6.45, 7) is 2.41. The third kappa shape index (κ3) is 4.53. The van der Waals surface area contributed by atoms with Crippen LogP contribution in [0.3, 0.4) is 0 Å². The molecule has 4 nitrogen and oxygen atoms in total. The molecule has 0 saturated heterocycles. The number of carbonyl (C=O) groups is 1. The van der Waals surface area contributed by atoms with Gasteiger partial charge in [-0.15, -0.1) is 0 Å². The van der Waals surface area contributed by atoms with Crippen molar-refractivity contribution in [3.63, 3.8) is 0 Å². The van der Waals surface area contributed by atoms with Gasteiger partial charge in [-0.3, -0.25) is 4.79 Å². The van der Waals surface area contributed by atoms with Crippen LogP contribution in [0.5, 0.6) is 0 Å². The minimum Gasteiger partial charge on any atom is -0.364 e. The topological polar surface area (TPSA) is 55.1 Å². The lowest BCUT2D eigenvalue weighted by Gasteiger charge is -2.06. The van der Waals surface area contributed by atoms with Crippen molar-refractivity contribution >= 4 is 5.91 Å². The predicted molar refractivity (Wildman–Crippen MR) is 93.2 cm³/mol. The van der Waals surface area contributed by atoms with E-state index < -0.39 is 0 Å². The Bertz CT molecular complexity index is 839. The molecule has 3 aromatic rings. The van der Waals surface area contributed by atoms with Gasteiger partial charge < -0.3 is 9.84 Å². The maximum Gasteiger partial charge on any atom is 0.220 e. The molecule has 3 rings (SSSR count). The van der Waals surface area contributed by atoms with Crippen molar-refractivity contribution < 1.29 is 13.7 Å². The molecular weight excluding hydrogens is 319 g/mol. The van der Waals surface area contributed by atoms with Crippen LogP contribution in [0.2, 0.25) is 0 Å². The SMILES string of the molecule is Cc1ccc(-c2nocc2CCC(=O)NCc2ccc(F)cc2)cc1.